The van der Waals surface area contributed by atoms with Crippen LogP contribution in [-0.4, -0.2) is 31.2 Å². The summed E-state index contributed by atoms with van der Waals surface area (Å²) in [4.78, 5) is 12.3. The number of carbonyl (C=O) groups excluding carboxylic acids is 1. The minimum atomic E-state index is -0.215. The molecule has 2 atom stereocenters. The largest absolute Gasteiger partial charge is 0.377 e. The lowest BCUT2D eigenvalue weighted by atomic mass is 9.82. The molecular weight excluding hydrogens is 376 g/mol. The van der Waals surface area contributed by atoms with Crippen LogP contribution in [0.1, 0.15) is 50.7 Å². The number of ether oxygens (including phenoxy) is 3. The van der Waals surface area contributed by atoms with E-state index in [9.17, 15) is 4.79 Å². The van der Waals surface area contributed by atoms with Crippen molar-refractivity contribution < 1.29 is 19.0 Å². The maximum Gasteiger partial charge on any atom is 0.138 e. The molecule has 0 bridgehead atoms. The van der Waals surface area contributed by atoms with Gasteiger partial charge in [-0.2, -0.15) is 0 Å². The molecule has 0 aromatic heterocycles. The van der Waals surface area contributed by atoms with E-state index in [1.165, 1.54) is 5.56 Å². The number of benzene rings is 2. The monoisotopic (exact) mass is 410 g/mol. The first kappa shape index (κ1) is 22.7. The molecule has 1 fully saturated rings. The Kier molecular flexibility index (Phi) is 8.61. The molecule has 4 heteroatoms. The van der Waals surface area contributed by atoms with Crippen LogP contribution in [0.4, 0.5) is 0 Å². The lowest BCUT2D eigenvalue weighted by molar-refractivity contribution is -0.153. The van der Waals surface area contributed by atoms with Crippen LogP contribution < -0.4 is 0 Å². The summed E-state index contributed by atoms with van der Waals surface area (Å²) in [5, 5.41) is 0. The van der Waals surface area contributed by atoms with Crippen LogP contribution in [0.25, 0.3) is 0 Å². The molecule has 0 saturated carbocycles. The van der Waals surface area contributed by atoms with Gasteiger partial charge in [-0.15, -0.1) is 0 Å². The molecule has 1 heterocycles. The van der Waals surface area contributed by atoms with Gasteiger partial charge in [0.05, 0.1) is 32.0 Å². The molecule has 4 nitrogen and oxygen atoms in total. The van der Waals surface area contributed by atoms with Crippen molar-refractivity contribution >= 4 is 5.78 Å². The lowest BCUT2D eigenvalue weighted by Crippen LogP contribution is -2.44. The molecule has 30 heavy (non-hydrogen) atoms. The summed E-state index contributed by atoms with van der Waals surface area (Å²) >= 11 is 0. The number of Topliss-reactive ketones (excluding diaryl/α,β-unsaturated/α-hetero) is 1. The van der Waals surface area contributed by atoms with Crippen LogP contribution in [0.2, 0.25) is 0 Å². The Hall–Kier alpha value is -2.01. The summed E-state index contributed by atoms with van der Waals surface area (Å²) in [5.74, 6) is 0.289. The van der Waals surface area contributed by atoms with Crippen molar-refractivity contribution in [1.82, 2.24) is 0 Å². The highest BCUT2D eigenvalue weighted by Crippen LogP contribution is 2.33. The van der Waals surface area contributed by atoms with Gasteiger partial charge < -0.3 is 14.2 Å². The van der Waals surface area contributed by atoms with Crippen LogP contribution in [-0.2, 0) is 32.2 Å². The minimum absolute atomic E-state index is 0.0232. The molecule has 0 radical (unpaired) electrons. The summed E-state index contributed by atoms with van der Waals surface area (Å²) in [7, 11) is 0. The first-order valence-electron chi connectivity index (χ1n) is 10.9. The van der Waals surface area contributed by atoms with E-state index in [0.29, 0.717) is 39.3 Å². The second-order valence-electron chi connectivity index (χ2n) is 8.84. The zero-order chi connectivity index (χ0) is 21.2. The number of carbonyl (C=O) groups is 1. The van der Waals surface area contributed by atoms with Crippen molar-refractivity contribution in [2.45, 2.75) is 65.0 Å². The number of hydrogen-bond donors (Lipinski definition) is 0. The average molecular weight is 411 g/mol. The van der Waals surface area contributed by atoms with Crippen molar-refractivity contribution in [3.63, 3.8) is 0 Å². The SMILES string of the molecule is CC(C)(COCc1ccccc1)[C@H]1CC(=O)C[C@@H](CCCOCc2ccccc2)O1. The third kappa shape index (κ3) is 7.35. The molecule has 162 valence electrons. The Balaban J connectivity index is 1.39. The third-order valence-corrected chi connectivity index (χ3v) is 5.61. The van der Waals surface area contributed by atoms with Crippen molar-refractivity contribution in [2.75, 3.05) is 13.2 Å². The fourth-order valence-electron chi connectivity index (χ4n) is 3.78. The van der Waals surface area contributed by atoms with Crippen LogP contribution in [0, 0.1) is 5.41 Å². The normalized spacial score (nSPS) is 19.7. The maximum absolute atomic E-state index is 12.3. The van der Waals surface area contributed by atoms with Gasteiger partial charge in [0, 0.05) is 24.9 Å². The molecule has 0 N–H and O–H groups in total. The minimum Gasteiger partial charge on any atom is -0.377 e. The second kappa shape index (κ2) is 11.4. The standard InChI is InChI=1S/C26H34O4/c1-26(2,20-29-19-22-12-7-4-8-13-22)25-17-23(27)16-24(30-25)14-9-15-28-18-21-10-5-3-6-11-21/h3-8,10-13,24-25H,9,14-20H2,1-2H3/t24-,25-/m1/s1. The van der Waals surface area contributed by atoms with E-state index < -0.39 is 0 Å². The Morgan fingerprint density at radius 3 is 2.13 bits per heavy atom. The van der Waals surface area contributed by atoms with E-state index in [0.717, 1.165) is 18.4 Å². The first-order valence-corrected chi connectivity index (χ1v) is 10.9. The lowest BCUT2D eigenvalue weighted by Gasteiger charge is -2.39. The Morgan fingerprint density at radius 1 is 0.900 bits per heavy atom. The summed E-state index contributed by atoms with van der Waals surface area (Å²) in [5.41, 5.74) is 2.12. The van der Waals surface area contributed by atoms with Crippen molar-refractivity contribution in [1.29, 1.82) is 0 Å². The van der Waals surface area contributed by atoms with E-state index in [-0.39, 0.29) is 23.4 Å². The molecule has 2 aromatic carbocycles. The Morgan fingerprint density at radius 2 is 1.50 bits per heavy atom. The number of rotatable bonds is 11. The molecule has 1 saturated heterocycles. The molecule has 0 aliphatic carbocycles. The highest BCUT2D eigenvalue weighted by Gasteiger charge is 2.38. The van der Waals surface area contributed by atoms with Crippen LogP contribution in [0.5, 0.6) is 0 Å². The Bertz CT molecular complexity index is 757. The van der Waals surface area contributed by atoms with Gasteiger partial charge in [-0.05, 0) is 24.0 Å². The van der Waals surface area contributed by atoms with Gasteiger partial charge in [0.1, 0.15) is 5.78 Å². The van der Waals surface area contributed by atoms with Crippen molar-refractivity contribution in [3.8, 4) is 0 Å². The maximum atomic E-state index is 12.3. The molecule has 1 aliphatic rings. The molecule has 0 unspecified atom stereocenters. The summed E-state index contributed by atoms with van der Waals surface area (Å²) in [6.45, 7) is 6.69. The number of ketones is 1. The van der Waals surface area contributed by atoms with Gasteiger partial charge in [0.15, 0.2) is 0 Å². The van der Waals surface area contributed by atoms with E-state index >= 15 is 0 Å². The van der Waals surface area contributed by atoms with E-state index in [1.807, 2.05) is 36.4 Å². The highest BCUT2D eigenvalue weighted by molar-refractivity contribution is 5.80. The predicted molar refractivity (Wildman–Crippen MR) is 118 cm³/mol. The first-order chi connectivity index (χ1) is 14.5. The quantitative estimate of drug-likeness (QED) is 0.469. The van der Waals surface area contributed by atoms with Crippen LogP contribution >= 0.6 is 0 Å². The van der Waals surface area contributed by atoms with Gasteiger partial charge in [0.25, 0.3) is 0 Å². The van der Waals surface area contributed by atoms with Crippen LogP contribution in [0.15, 0.2) is 60.7 Å². The zero-order valence-corrected chi connectivity index (χ0v) is 18.2. The molecule has 0 amide bonds. The average Bonchev–Trinajstić information content (AvgIpc) is 2.74. The molecule has 3 rings (SSSR count). The second-order valence-corrected chi connectivity index (χ2v) is 8.84. The summed E-state index contributed by atoms with van der Waals surface area (Å²) in [6.07, 6.45) is 2.59. The van der Waals surface area contributed by atoms with Gasteiger partial charge in [-0.3, -0.25) is 4.79 Å². The predicted octanol–water partition coefficient (Wildman–Crippen LogP) is 5.34. The highest BCUT2D eigenvalue weighted by atomic mass is 16.5. The molecular formula is C26H34O4. The van der Waals surface area contributed by atoms with E-state index in [2.05, 4.69) is 38.1 Å². The van der Waals surface area contributed by atoms with Crippen LogP contribution in [0.3, 0.4) is 0 Å². The fourth-order valence-corrected chi connectivity index (χ4v) is 3.78. The Labute approximate surface area is 180 Å². The number of hydrogen-bond acceptors (Lipinski definition) is 4. The van der Waals surface area contributed by atoms with E-state index in [4.69, 9.17) is 14.2 Å². The van der Waals surface area contributed by atoms with E-state index in [1.54, 1.807) is 0 Å². The fraction of sp³-hybridized carbons (Fsp3) is 0.500. The molecule has 2 aromatic rings. The zero-order valence-electron chi connectivity index (χ0n) is 18.2. The summed E-state index contributed by atoms with van der Waals surface area (Å²) in [6, 6.07) is 20.3. The third-order valence-electron chi connectivity index (χ3n) is 5.61. The molecule has 1 aliphatic heterocycles. The van der Waals surface area contributed by atoms with Gasteiger partial charge >= 0.3 is 0 Å². The van der Waals surface area contributed by atoms with Gasteiger partial charge in [-0.1, -0.05) is 74.5 Å². The smallest absolute Gasteiger partial charge is 0.138 e. The van der Waals surface area contributed by atoms with Crippen molar-refractivity contribution in [2.24, 2.45) is 5.41 Å². The van der Waals surface area contributed by atoms with Gasteiger partial charge in [0.2, 0.25) is 0 Å². The summed E-state index contributed by atoms with van der Waals surface area (Å²) < 4.78 is 18.1. The molecule has 0 spiro atoms. The van der Waals surface area contributed by atoms with Crippen molar-refractivity contribution in [3.05, 3.63) is 71.8 Å². The van der Waals surface area contributed by atoms with Gasteiger partial charge in [-0.25, -0.2) is 0 Å². The topological polar surface area (TPSA) is 44.8 Å².